The van der Waals surface area contributed by atoms with Crippen LogP contribution in [0.25, 0.3) is 0 Å². The fraction of sp³-hybridized carbons (Fsp3) is 0.286. The maximum absolute atomic E-state index is 12.2. The summed E-state index contributed by atoms with van der Waals surface area (Å²) in [5.41, 5.74) is 2.30. The summed E-state index contributed by atoms with van der Waals surface area (Å²) in [7, 11) is 0. The van der Waals surface area contributed by atoms with E-state index in [1.165, 1.54) is 0 Å². The van der Waals surface area contributed by atoms with Gasteiger partial charge in [-0.05, 0) is 38.0 Å². The van der Waals surface area contributed by atoms with Crippen molar-refractivity contribution in [2.75, 3.05) is 5.32 Å². The van der Waals surface area contributed by atoms with E-state index in [-0.39, 0.29) is 24.5 Å². The first-order valence-corrected chi connectivity index (χ1v) is 8.61. The van der Waals surface area contributed by atoms with Crippen molar-refractivity contribution in [1.29, 1.82) is 0 Å². The summed E-state index contributed by atoms with van der Waals surface area (Å²) in [5.74, 6) is -0.877. The summed E-state index contributed by atoms with van der Waals surface area (Å²) in [5, 5.41) is 2.79. The molecule has 0 fully saturated rings. The van der Waals surface area contributed by atoms with E-state index in [1.54, 1.807) is 31.2 Å². The normalized spacial score (nSPS) is 11.5. The van der Waals surface area contributed by atoms with Gasteiger partial charge in [0.1, 0.15) is 0 Å². The number of ether oxygens (including phenoxy) is 1. The van der Waals surface area contributed by atoms with E-state index in [0.717, 1.165) is 11.3 Å². The number of carbonyl (C=O) groups is 3. The molecule has 0 saturated heterocycles. The molecule has 0 aliphatic rings. The van der Waals surface area contributed by atoms with Crippen LogP contribution in [0.2, 0.25) is 0 Å². The number of esters is 1. The van der Waals surface area contributed by atoms with Crippen LogP contribution in [0, 0.1) is 6.92 Å². The van der Waals surface area contributed by atoms with Crippen LogP contribution in [0.3, 0.4) is 0 Å². The molecule has 26 heavy (non-hydrogen) atoms. The number of ketones is 1. The summed E-state index contributed by atoms with van der Waals surface area (Å²) in [6.07, 6.45) is -0.175. The van der Waals surface area contributed by atoms with Crippen LogP contribution in [-0.2, 0) is 14.3 Å². The average molecular weight is 353 g/mol. The van der Waals surface area contributed by atoms with Gasteiger partial charge < -0.3 is 10.1 Å². The van der Waals surface area contributed by atoms with E-state index in [2.05, 4.69) is 5.32 Å². The Balaban J connectivity index is 1.71. The molecule has 0 aliphatic carbocycles. The third kappa shape index (κ3) is 6.16. The van der Waals surface area contributed by atoms with Gasteiger partial charge in [-0.2, -0.15) is 0 Å². The Kier molecular flexibility index (Phi) is 7.09. The lowest BCUT2D eigenvalue weighted by molar-refractivity contribution is -0.146. The number of benzene rings is 2. The quantitative estimate of drug-likeness (QED) is 0.577. The van der Waals surface area contributed by atoms with Gasteiger partial charge in [0, 0.05) is 24.1 Å². The summed E-state index contributed by atoms with van der Waals surface area (Å²) < 4.78 is 5.16. The van der Waals surface area contributed by atoms with Crippen LogP contribution in [0.5, 0.6) is 0 Å². The third-order valence-electron chi connectivity index (χ3n) is 3.82. The van der Waals surface area contributed by atoms with Gasteiger partial charge >= 0.3 is 5.97 Å². The summed E-state index contributed by atoms with van der Waals surface area (Å²) >= 11 is 0. The largest absolute Gasteiger partial charge is 0.454 e. The van der Waals surface area contributed by atoms with Gasteiger partial charge in [0.05, 0.1) is 0 Å². The molecule has 1 N–H and O–H groups in total. The van der Waals surface area contributed by atoms with E-state index >= 15 is 0 Å². The molecule has 2 aromatic rings. The monoisotopic (exact) mass is 353 g/mol. The Hall–Kier alpha value is -2.95. The number of rotatable bonds is 8. The molecule has 0 aliphatic heterocycles. The highest BCUT2D eigenvalue weighted by molar-refractivity contribution is 6.00. The van der Waals surface area contributed by atoms with Crippen LogP contribution < -0.4 is 5.32 Å². The van der Waals surface area contributed by atoms with E-state index in [4.69, 9.17) is 4.74 Å². The highest BCUT2D eigenvalue weighted by atomic mass is 16.5. The van der Waals surface area contributed by atoms with Crippen molar-refractivity contribution < 1.29 is 19.1 Å². The standard InChI is InChI=1S/C21H23NO4/c1-15-8-6-11-18(14-15)22-19(23)12-7-13-20(24)26-16(2)21(25)17-9-4-3-5-10-17/h3-6,8-11,14,16H,7,12-13H2,1-2H3,(H,22,23)/t16-/m1/s1. The van der Waals surface area contributed by atoms with Gasteiger partial charge in [-0.25, -0.2) is 0 Å². The smallest absolute Gasteiger partial charge is 0.306 e. The van der Waals surface area contributed by atoms with E-state index in [9.17, 15) is 14.4 Å². The Labute approximate surface area is 153 Å². The van der Waals surface area contributed by atoms with Crippen molar-refractivity contribution in [3.8, 4) is 0 Å². The number of carbonyl (C=O) groups excluding carboxylic acids is 3. The summed E-state index contributed by atoms with van der Waals surface area (Å²) in [6.45, 7) is 3.50. The molecule has 0 aromatic heterocycles. The number of Topliss-reactive ketones (excluding diaryl/α,β-unsaturated/α-hetero) is 1. The first-order valence-electron chi connectivity index (χ1n) is 8.61. The lowest BCUT2D eigenvalue weighted by Crippen LogP contribution is -2.24. The zero-order valence-electron chi connectivity index (χ0n) is 15.0. The molecule has 5 nitrogen and oxygen atoms in total. The number of anilines is 1. The van der Waals surface area contributed by atoms with Crippen LogP contribution in [0.15, 0.2) is 54.6 Å². The molecule has 0 unspecified atom stereocenters. The second kappa shape index (κ2) is 9.51. The Morgan fingerprint density at radius 3 is 2.42 bits per heavy atom. The molecule has 0 saturated carbocycles. The molecular formula is C21H23NO4. The lowest BCUT2D eigenvalue weighted by Gasteiger charge is -2.12. The maximum Gasteiger partial charge on any atom is 0.306 e. The zero-order valence-corrected chi connectivity index (χ0v) is 15.0. The first kappa shape index (κ1) is 19.4. The lowest BCUT2D eigenvalue weighted by atomic mass is 10.1. The first-order chi connectivity index (χ1) is 12.5. The maximum atomic E-state index is 12.2. The molecular weight excluding hydrogens is 330 g/mol. The van der Waals surface area contributed by atoms with E-state index in [0.29, 0.717) is 12.0 Å². The minimum atomic E-state index is -0.842. The number of aryl methyl sites for hydroxylation is 1. The third-order valence-corrected chi connectivity index (χ3v) is 3.82. The van der Waals surface area contributed by atoms with E-state index in [1.807, 2.05) is 37.3 Å². The van der Waals surface area contributed by atoms with Crippen LogP contribution in [-0.4, -0.2) is 23.8 Å². The van der Waals surface area contributed by atoms with Crippen molar-refractivity contribution >= 4 is 23.3 Å². The van der Waals surface area contributed by atoms with Gasteiger partial charge in [-0.3, -0.25) is 14.4 Å². The number of hydrogen-bond acceptors (Lipinski definition) is 4. The molecule has 5 heteroatoms. The minimum absolute atomic E-state index is 0.0909. The average Bonchev–Trinajstić information content (AvgIpc) is 2.61. The van der Waals surface area contributed by atoms with Crippen molar-refractivity contribution in [2.45, 2.75) is 39.2 Å². The molecule has 2 aromatic carbocycles. The predicted octanol–water partition coefficient (Wildman–Crippen LogP) is 3.92. The summed E-state index contributed by atoms with van der Waals surface area (Å²) in [6, 6.07) is 16.2. The van der Waals surface area contributed by atoms with E-state index < -0.39 is 12.1 Å². The van der Waals surface area contributed by atoms with Gasteiger partial charge in [0.15, 0.2) is 6.10 Å². The van der Waals surface area contributed by atoms with Crippen molar-refractivity contribution in [2.24, 2.45) is 0 Å². The second-order valence-corrected chi connectivity index (χ2v) is 6.13. The van der Waals surface area contributed by atoms with Gasteiger partial charge in [0.25, 0.3) is 0 Å². The topological polar surface area (TPSA) is 72.5 Å². The van der Waals surface area contributed by atoms with Crippen LogP contribution >= 0.6 is 0 Å². The summed E-state index contributed by atoms with van der Waals surface area (Å²) in [4.78, 5) is 35.9. The number of hydrogen-bond donors (Lipinski definition) is 1. The minimum Gasteiger partial charge on any atom is -0.454 e. The van der Waals surface area contributed by atoms with Gasteiger partial charge in [0.2, 0.25) is 11.7 Å². The van der Waals surface area contributed by atoms with Crippen molar-refractivity contribution in [1.82, 2.24) is 0 Å². The fourth-order valence-corrected chi connectivity index (χ4v) is 2.49. The van der Waals surface area contributed by atoms with Gasteiger partial charge in [-0.1, -0.05) is 42.5 Å². The number of nitrogens with one attached hydrogen (secondary N) is 1. The van der Waals surface area contributed by atoms with Crippen molar-refractivity contribution in [3.63, 3.8) is 0 Å². The fourth-order valence-electron chi connectivity index (χ4n) is 2.49. The molecule has 1 amide bonds. The predicted molar refractivity (Wildman–Crippen MR) is 100.0 cm³/mol. The van der Waals surface area contributed by atoms with Crippen LogP contribution in [0.4, 0.5) is 5.69 Å². The highest BCUT2D eigenvalue weighted by Gasteiger charge is 2.19. The molecule has 2 rings (SSSR count). The molecule has 1 atom stereocenters. The zero-order chi connectivity index (χ0) is 18.9. The van der Waals surface area contributed by atoms with Crippen molar-refractivity contribution in [3.05, 3.63) is 65.7 Å². The molecule has 0 radical (unpaired) electrons. The molecule has 136 valence electrons. The Bertz CT molecular complexity index is 771. The molecule has 0 bridgehead atoms. The highest BCUT2D eigenvalue weighted by Crippen LogP contribution is 2.11. The SMILES string of the molecule is Cc1cccc(NC(=O)CCCC(=O)O[C@H](C)C(=O)c2ccccc2)c1. The van der Waals surface area contributed by atoms with Crippen LogP contribution in [0.1, 0.15) is 42.1 Å². The Morgan fingerprint density at radius 1 is 1.00 bits per heavy atom. The second-order valence-electron chi connectivity index (χ2n) is 6.13. The Morgan fingerprint density at radius 2 is 1.73 bits per heavy atom. The van der Waals surface area contributed by atoms with Gasteiger partial charge in [-0.15, -0.1) is 0 Å². The molecule has 0 heterocycles. The molecule has 0 spiro atoms. The number of amides is 1.